The molecule has 7 nitrogen and oxygen atoms in total. The third-order valence-corrected chi connectivity index (χ3v) is 7.11. The van der Waals surface area contributed by atoms with E-state index < -0.39 is 11.1 Å². The first kappa shape index (κ1) is 24.0. The third-order valence-electron chi connectivity index (χ3n) is 5.92. The van der Waals surface area contributed by atoms with Crippen LogP contribution in [0.2, 0.25) is 5.02 Å². The number of furan rings is 1. The van der Waals surface area contributed by atoms with E-state index in [9.17, 15) is 14.4 Å². The molecule has 3 amide bonds. The summed E-state index contributed by atoms with van der Waals surface area (Å²) in [6.45, 7) is 2.45. The number of imide groups is 1. The van der Waals surface area contributed by atoms with Crippen molar-refractivity contribution in [3.63, 3.8) is 0 Å². The lowest BCUT2D eigenvalue weighted by Crippen LogP contribution is -2.27. The Morgan fingerprint density at radius 1 is 1.11 bits per heavy atom. The monoisotopic (exact) mass is 519 g/mol. The first-order chi connectivity index (χ1) is 17.5. The number of halogens is 1. The lowest BCUT2D eigenvalue weighted by Gasteiger charge is -2.13. The van der Waals surface area contributed by atoms with Crippen LogP contribution in [0.15, 0.2) is 76.4 Å². The van der Waals surface area contributed by atoms with Crippen LogP contribution < -0.4 is 10.2 Å². The van der Waals surface area contributed by atoms with Crippen LogP contribution in [0.5, 0.6) is 0 Å². The molecule has 1 saturated heterocycles. The fraction of sp³-hybridized carbons (Fsp3) is 0.148. The molecule has 36 heavy (non-hydrogen) atoms. The van der Waals surface area contributed by atoms with Crippen molar-refractivity contribution in [1.82, 2.24) is 9.88 Å². The summed E-state index contributed by atoms with van der Waals surface area (Å²) in [4.78, 5) is 40.0. The highest BCUT2D eigenvalue weighted by atomic mass is 35.5. The summed E-state index contributed by atoms with van der Waals surface area (Å²) in [5, 5.41) is 3.69. The van der Waals surface area contributed by atoms with E-state index in [0.29, 0.717) is 27.9 Å². The Labute approximate surface area is 216 Å². The number of thioether (sulfide) groups is 1. The molecular formula is C27H22ClN3O4S. The maximum atomic E-state index is 13.2. The Morgan fingerprint density at radius 2 is 1.94 bits per heavy atom. The Kier molecular flexibility index (Phi) is 6.71. The van der Waals surface area contributed by atoms with Gasteiger partial charge in [-0.1, -0.05) is 48.9 Å². The highest BCUT2D eigenvalue weighted by Crippen LogP contribution is 2.39. The largest absolute Gasteiger partial charge is 0.467 e. The SMILES string of the molecule is CCc1cccc2c(/C=C3\SC(=O)N(c4ccccc4Cl)C3=O)cn(CC(=O)NCc3ccco3)c12. The van der Waals surface area contributed by atoms with E-state index in [1.54, 1.807) is 48.7 Å². The maximum absolute atomic E-state index is 13.2. The number of hydrogen-bond donors (Lipinski definition) is 1. The number of nitrogens with zero attached hydrogens (tertiary/aromatic N) is 2. The number of aromatic nitrogens is 1. The highest BCUT2D eigenvalue weighted by molar-refractivity contribution is 8.19. The Morgan fingerprint density at radius 3 is 2.69 bits per heavy atom. The maximum Gasteiger partial charge on any atom is 0.298 e. The van der Waals surface area contributed by atoms with Crippen LogP contribution in [0.4, 0.5) is 10.5 Å². The molecule has 1 N–H and O–H groups in total. The topological polar surface area (TPSA) is 84.5 Å². The average Bonchev–Trinajstić information content (AvgIpc) is 3.58. The van der Waals surface area contributed by atoms with E-state index in [4.69, 9.17) is 16.0 Å². The molecule has 0 radical (unpaired) electrons. The molecule has 1 fully saturated rings. The molecule has 9 heteroatoms. The standard InChI is InChI=1S/C27H22ClN3O4S/c1-2-17-7-5-9-20-18(15-30(25(17)20)16-24(32)29-14-19-8-6-12-35-19)13-23-26(33)31(27(34)36-23)22-11-4-3-10-21(22)28/h3-13,15H,2,14,16H2,1H3,(H,29,32)/b23-13-. The minimum absolute atomic E-state index is 0.100. The molecule has 0 saturated carbocycles. The molecule has 2 aromatic carbocycles. The van der Waals surface area contributed by atoms with Crippen LogP contribution in [0.25, 0.3) is 17.0 Å². The predicted molar refractivity (Wildman–Crippen MR) is 142 cm³/mol. The smallest absolute Gasteiger partial charge is 0.298 e. The number of carbonyl (C=O) groups excluding carboxylic acids is 3. The molecule has 2 aromatic heterocycles. The van der Waals surface area contributed by atoms with Crippen molar-refractivity contribution in [2.45, 2.75) is 26.4 Å². The molecule has 0 bridgehead atoms. The van der Waals surface area contributed by atoms with Crippen LogP contribution in [-0.4, -0.2) is 21.6 Å². The van der Waals surface area contributed by atoms with Crippen molar-refractivity contribution in [1.29, 1.82) is 0 Å². The summed E-state index contributed by atoms with van der Waals surface area (Å²) in [7, 11) is 0. The van der Waals surface area contributed by atoms with E-state index in [2.05, 4.69) is 12.2 Å². The second kappa shape index (κ2) is 10.1. The van der Waals surface area contributed by atoms with Crippen LogP contribution in [-0.2, 0) is 29.1 Å². The van der Waals surface area contributed by atoms with Gasteiger partial charge < -0.3 is 14.3 Å². The number of benzene rings is 2. The Hall–Kier alpha value is -3.75. The molecule has 3 heterocycles. The fourth-order valence-electron chi connectivity index (χ4n) is 4.25. The summed E-state index contributed by atoms with van der Waals surface area (Å²) in [5.41, 5.74) is 3.11. The number of fused-ring (bicyclic) bond motifs is 1. The number of amides is 3. The average molecular weight is 520 g/mol. The van der Waals surface area contributed by atoms with E-state index in [0.717, 1.165) is 45.1 Å². The summed E-state index contributed by atoms with van der Waals surface area (Å²) in [6.07, 6.45) is 5.90. The third kappa shape index (κ3) is 4.57. The van der Waals surface area contributed by atoms with Gasteiger partial charge in [0.15, 0.2) is 0 Å². The zero-order valence-electron chi connectivity index (χ0n) is 19.4. The molecule has 0 atom stereocenters. The number of nitrogens with one attached hydrogen (secondary N) is 1. The lowest BCUT2D eigenvalue weighted by molar-refractivity contribution is -0.121. The first-order valence-electron chi connectivity index (χ1n) is 11.4. The minimum atomic E-state index is -0.429. The van der Waals surface area contributed by atoms with Gasteiger partial charge in [0.1, 0.15) is 12.3 Å². The Bertz CT molecular complexity index is 1510. The first-order valence-corrected chi connectivity index (χ1v) is 12.6. The molecule has 1 aliphatic heterocycles. The van der Waals surface area contributed by atoms with Crippen LogP contribution in [0, 0.1) is 0 Å². The van der Waals surface area contributed by atoms with Gasteiger partial charge in [0.2, 0.25) is 5.91 Å². The van der Waals surface area contributed by atoms with E-state index in [-0.39, 0.29) is 12.5 Å². The van der Waals surface area contributed by atoms with Crippen LogP contribution in [0.3, 0.4) is 0 Å². The normalized spacial score (nSPS) is 14.8. The zero-order valence-corrected chi connectivity index (χ0v) is 20.9. The fourth-order valence-corrected chi connectivity index (χ4v) is 5.30. The summed E-state index contributed by atoms with van der Waals surface area (Å²) in [6, 6.07) is 16.3. The van der Waals surface area contributed by atoms with E-state index >= 15 is 0 Å². The van der Waals surface area contributed by atoms with Gasteiger partial charge in [-0.05, 0) is 54.1 Å². The van der Waals surface area contributed by atoms with Crippen molar-refractivity contribution in [3.8, 4) is 0 Å². The predicted octanol–water partition coefficient (Wildman–Crippen LogP) is 6.01. The second-order valence-electron chi connectivity index (χ2n) is 8.20. The molecular weight excluding hydrogens is 498 g/mol. The van der Waals surface area contributed by atoms with Crippen LogP contribution in [0.1, 0.15) is 23.8 Å². The van der Waals surface area contributed by atoms with Gasteiger partial charge in [-0.3, -0.25) is 14.4 Å². The summed E-state index contributed by atoms with van der Waals surface area (Å²) < 4.78 is 7.17. The number of carbonyl (C=O) groups is 3. The van der Waals surface area contributed by atoms with Gasteiger partial charge >= 0.3 is 0 Å². The number of hydrogen-bond acceptors (Lipinski definition) is 5. The second-order valence-corrected chi connectivity index (χ2v) is 9.60. The van der Waals surface area contributed by atoms with E-state index in [1.165, 1.54) is 0 Å². The van der Waals surface area contributed by atoms with Gasteiger partial charge in [0.25, 0.3) is 11.1 Å². The molecule has 5 rings (SSSR count). The van der Waals surface area contributed by atoms with Gasteiger partial charge in [-0.15, -0.1) is 0 Å². The number of rotatable bonds is 7. The zero-order chi connectivity index (χ0) is 25.2. The van der Waals surface area contributed by atoms with Crippen molar-refractivity contribution < 1.29 is 18.8 Å². The van der Waals surface area contributed by atoms with Gasteiger partial charge in [0.05, 0.1) is 33.9 Å². The van der Waals surface area contributed by atoms with Crippen molar-refractivity contribution in [3.05, 3.63) is 93.9 Å². The molecule has 1 aliphatic rings. The molecule has 4 aromatic rings. The summed E-state index contributed by atoms with van der Waals surface area (Å²) >= 11 is 7.11. The highest BCUT2D eigenvalue weighted by Gasteiger charge is 2.37. The molecule has 182 valence electrons. The minimum Gasteiger partial charge on any atom is -0.467 e. The van der Waals surface area contributed by atoms with Crippen molar-refractivity contribution in [2.75, 3.05) is 4.90 Å². The molecule has 0 spiro atoms. The quantitative estimate of drug-likeness (QED) is 0.302. The van der Waals surface area contributed by atoms with Crippen LogP contribution >= 0.6 is 23.4 Å². The number of para-hydroxylation sites is 2. The van der Waals surface area contributed by atoms with Gasteiger partial charge in [-0.2, -0.15) is 0 Å². The lowest BCUT2D eigenvalue weighted by atomic mass is 10.1. The number of anilines is 1. The summed E-state index contributed by atoms with van der Waals surface area (Å²) in [5.74, 6) is 0.0755. The number of aryl methyl sites for hydroxylation is 1. The van der Waals surface area contributed by atoms with Crippen molar-refractivity contribution >= 4 is 63.1 Å². The molecule has 0 unspecified atom stereocenters. The Balaban J connectivity index is 1.47. The van der Waals surface area contributed by atoms with Crippen molar-refractivity contribution in [2.24, 2.45) is 0 Å². The molecule has 0 aliphatic carbocycles. The van der Waals surface area contributed by atoms with Gasteiger partial charge in [0, 0.05) is 17.1 Å². The van der Waals surface area contributed by atoms with E-state index in [1.807, 2.05) is 29.0 Å². The van der Waals surface area contributed by atoms with Gasteiger partial charge in [-0.25, -0.2) is 4.90 Å².